The molecule has 5 nitrogen and oxygen atoms in total. The van der Waals surface area contributed by atoms with Crippen LogP contribution >= 0.6 is 0 Å². The number of fused-ring (bicyclic) bond motifs is 4. The number of carbonyl (C=O) groups is 1. The summed E-state index contributed by atoms with van der Waals surface area (Å²) in [6.45, 7) is 7.90. The van der Waals surface area contributed by atoms with Gasteiger partial charge in [0.15, 0.2) is 17.3 Å². The van der Waals surface area contributed by atoms with Gasteiger partial charge in [-0.1, -0.05) is 20.8 Å². The molecule has 0 saturated heterocycles. The average Bonchev–Trinajstić information content (AvgIpc) is 2.93. The van der Waals surface area contributed by atoms with E-state index in [0.717, 1.165) is 0 Å². The van der Waals surface area contributed by atoms with E-state index in [2.05, 4.69) is 0 Å². The van der Waals surface area contributed by atoms with Crippen molar-refractivity contribution in [3.63, 3.8) is 0 Å². The number of carbonyl (C=O) groups excluding carboxylic acids is 1. The van der Waals surface area contributed by atoms with Gasteiger partial charge in [0.1, 0.15) is 11.9 Å². The van der Waals surface area contributed by atoms with Crippen molar-refractivity contribution in [3.05, 3.63) is 16.7 Å². The third-order valence-corrected chi connectivity index (χ3v) is 7.01. The Morgan fingerprint density at radius 3 is 2.48 bits per heavy atom. The molecule has 1 saturated carbocycles. The molecule has 3 aliphatic rings. The van der Waals surface area contributed by atoms with Crippen molar-refractivity contribution in [2.45, 2.75) is 71.0 Å². The Kier molecular flexibility index (Phi) is 3.28. The zero-order valence-electron chi connectivity index (χ0n) is 15.2. The lowest BCUT2D eigenvalue weighted by atomic mass is 9.49. The maximum Gasteiger partial charge on any atom is 0.168 e. The number of aliphatic hydroxyl groups is 1. The summed E-state index contributed by atoms with van der Waals surface area (Å²) in [6, 6.07) is 0. The number of phenolic OH excluding ortho intramolecular Hbond substituents is 2. The van der Waals surface area contributed by atoms with Crippen molar-refractivity contribution in [1.82, 2.24) is 0 Å². The summed E-state index contributed by atoms with van der Waals surface area (Å²) >= 11 is 0. The Bertz CT molecular complexity index is 781. The standard InChI is InChI=1S/C20H26O5/c1-9-7-10-16(23)14-11(21)8-12-19(2,3)13(22)5-6-20(12,4)15(14)17(24)18(10)25-9/h9,12-13,22-24H,5-8H2,1-4H3/t9-,12-,13-,20-/m0/s1. The van der Waals surface area contributed by atoms with Crippen LogP contribution < -0.4 is 4.74 Å². The van der Waals surface area contributed by atoms with Gasteiger partial charge in [-0.05, 0) is 31.1 Å². The molecule has 5 heteroatoms. The molecule has 0 spiro atoms. The highest BCUT2D eigenvalue weighted by molar-refractivity contribution is 6.04. The molecule has 25 heavy (non-hydrogen) atoms. The number of Topliss-reactive ketones (excluding diaryl/α,β-unsaturated/α-hetero) is 1. The number of phenols is 2. The zero-order chi connectivity index (χ0) is 18.3. The van der Waals surface area contributed by atoms with Crippen LogP contribution in [-0.4, -0.2) is 33.3 Å². The summed E-state index contributed by atoms with van der Waals surface area (Å²) in [7, 11) is 0. The van der Waals surface area contributed by atoms with Crippen LogP contribution in [0.5, 0.6) is 17.2 Å². The first-order valence-corrected chi connectivity index (χ1v) is 9.08. The van der Waals surface area contributed by atoms with Gasteiger partial charge in [0, 0.05) is 29.4 Å². The van der Waals surface area contributed by atoms with Crippen LogP contribution in [0.15, 0.2) is 0 Å². The molecule has 2 aliphatic carbocycles. The molecule has 4 rings (SSSR count). The second-order valence-corrected chi connectivity index (χ2v) is 8.86. The van der Waals surface area contributed by atoms with Gasteiger partial charge in [-0.25, -0.2) is 0 Å². The first-order valence-electron chi connectivity index (χ1n) is 9.08. The largest absolute Gasteiger partial charge is 0.507 e. The van der Waals surface area contributed by atoms with E-state index in [1.165, 1.54) is 0 Å². The van der Waals surface area contributed by atoms with Crippen molar-refractivity contribution in [2.75, 3.05) is 0 Å². The van der Waals surface area contributed by atoms with Crippen molar-refractivity contribution in [3.8, 4) is 17.2 Å². The molecule has 1 heterocycles. The van der Waals surface area contributed by atoms with Gasteiger partial charge >= 0.3 is 0 Å². The molecule has 0 aromatic heterocycles. The van der Waals surface area contributed by atoms with Crippen molar-refractivity contribution in [2.24, 2.45) is 11.3 Å². The average molecular weight is 346 g/mol. The van der Waals surface area contributed by atoms with Crippen molar-refractivity contribution in [1.29, 1.82) is 0 Å². The van der Waals surface area contributed by atoms with E-state index in [1.807, 2.05) is 27.7 Å². The molecular weight excluding hydrogens is 320 g/mol. The number of benzene rings is 1. The Morgan fingerprint density at radius 1 is 1.12 bits per heavy atom. The molecular formula is C20H26O5. The van der Waals surface area contributed by atoms with E-state index >= 15 is 0 Å². The summed E-state index contributed by atoms with van der Waals surface area (Å²) in [4.78, 5) is 12.9. The number of hydrogen-bond donors (Lipinski definition) is 3. The number of aliphatic hydroxyl groups excluding tert-OH is 1. The highest BCUT2D eigenvalue weighted by atomic mass is 16.5. The van der Waals surface area contributed by atoms with Gasteiger partial charge in [-0.15, -0.1) is 0 Å². The van der Waals surface area contributed by atoms with E-state index in [0.29, 0.717) is 36.1 Å². The van der Waals surface area contributed by atoms with E-state index in [4.69, 9.17) is 4.74 Å². The molecule has 3 N–H and O–H groups in total. The quantitative estimate of drug-likeness (QED) is 0.629. The summed E-state index contributed by atoms with van der Waals surface area (Å²) in [6.07, 6.45) is 1.39. The van der Waals surface area contributed by atoms with E-state index < -0.39 is 16.9 Å². The first kappa shape index (κ1) is 16.7. The number of ether oxygens (including phenoxy) is 1. The SMILES string of the molecule is C[C@H]1Cc2c(O)c3c(c(O)c2O1)[C@@]1(C)CC[C@H](O)C(C)(C)[C@@H]1CC3=O. The molecule has 1 aromatic rings. The summed E-state index contributed by atoms with van der Waals surface area (Å²) in [5.41, 5.74) is 0.376. The van der Waals surface area contributed by atoms with Gasteiger partial charge in [0.2, 0.25) is 0 Å². The summed E-state index contributed by atoms with van der Waals surface area (Å²) in [5, 5.41) is 32.3. The van der Waals surface area contributed by atoms with Crippen molar-refractivity contribution < 1.29 is 24.9 Å². The fraction of sp³-hybridized carbons (Fsp3) is 0.650. The van der Waals surface area contributed by atoms with E-state index in [-0.39, 0.29) is 41.3 Å². The molecule has 0 amide bonds. The molecule has 1 aliphatic heterocycles. The second kappa shape index (κ2) is 4.91. The number of aromatic hydroxyl groups is 2. The van der Waals surface area contributed by atoms with Crippen molar-refractivity contribution >= 4 is 5.78 Å². The van der Waals surface area contributed by atoms with E-state index in [9.17, 15) is 20.1 Å². The predicted molar refractivity (Wildman–Crippen MR) is 92.4 cm³/mol. The number of hydrogen-bond acceptors (Lipinski definition) is 5. The minimum atomic E-state index is -0.488. The highest BCUT2D eigenvalue weighted by Crippen LogP contribution is 2.62. The van der Waals surface area contributed by atoms with Gasteiger partial charge in [0.05, 0.1) is 11.7 Å². The first-order chi connectivity index (χ1) is 11.6. The lowest BCUT2D eigenvalue weighted by Gasteiger charge is -2.55. The smallest absolute Gasteiger partial charge is 0.168 e. The highest BCUT2D eigenvalue weighted by Gasteiger charge is 2.57. The molecule has 1 aromatic carbocycles. The molecule has 4 atom stereocenters. The van der Waals surface area contributed by atoms with Crippen LogP contribution in [0.4, 0.5) is 0 Å². The van der Waals surface area contributed by atoms with Gasteiger partial charge in [-0.3, -0.25) is 4.79 Å². The minimum absolute atomic E-state index is 0.000102. The lowest BCUT2D eigenvalue weighted by Crippen LogP contribution is -2.54. The van der Waals surface area contributed by atoms with Gasteiger partial charge < -0.3 is 20.1 Å². The summed E-state index contributed by atoms with van der Waals surface area (Å²) in [5.74, 6) is 0.0312. The fourth-order valence-corrected chi connectivity index (χ4v) is 5.54. The Labute approximate surface area is 147 Å². The molecule has 136 valence electrons. The Morgan fingerprint density at radius 2 is 1.80 bits per heavy atom. The lowest BCUT2D eigenvalue weighted by molar-refractivity contribution is -0.0693. The van der Waals surface area contributed by atoms with Crippen LogP contribution in [0.3, 0.4) is 0 Å². The third-order valence-electron chi connectivity index (χ3n) is 7.01. The minimum Gasteiger partial charge on any atom is -0.507 e. The Balaban J connectivity index is 2.00. The normalized spacial score (nSPS) is 35.6. The topological polar surface area (TPSA) is 87.0 Å². The van der Waals surface area contributed by atoms with Crippen LogP contribution in [0.1, 0.15) is 68.4 Å². The van der Waals surface area contributed by atoms with Crippen LogP contribution in [0, 0.1) is 11.3 Å². The molecule has 1 fully saturated rings. The molecule has 0 unspecified atom stereocenters. The maximum atomic E-state index is 12.9. The zero-order valence-corrected chi connectivity index (χ0v) is 15.2. The molecule has 0 bridgehead atoms. The Hall–Kier alpha value is -1.75. The van der Waals surface area contributed by atoms with Gasteiger partial charge in [-0.2, -0.15) is 0 Å². The van der Waals surface area contributed by atoms with Crippen LogP contribution in [0.25, 0.3) is 0 Å². The van der Waals surface area contributed by atoms with Crippen LogP contribution in [-0.2, 0) is 11.8 Å². The van der Waals surface area contributed by atoms with E-state index in [1.54, 1.807) is 0 Å². The fourth-order valence-electron chi connectivity index (χ4n) is 5.54. The van der Waals surface area contributed by atoms with Gasteiger partial charge in [0.25, 0.3) is 0 Å². The summed E-state index contributed by atoms with van der Waals surface area (Å²) < 4.78 is 5.75. The maximum absolute atomic E-state index is 12.9. The predicted octanol–water partition coefficient (Wildman–Crippen LogP) is 3.06. The number of rotatable bonds is 0. The third kappa shape index (κ3) is 1.96. The van der Waals surface area contributed by atoms with Crippen LogP contribution in [0.2, 0.25) is 0 Å². The number of ketones is 1. The molecule has 0 radical (unpaired) electrons. The second-order valence-electron chi connectivity index (χ2n) is 8.86. The monoisotopic (exact) mass is 346 g/mol.